The minimum Gasteiger partial charge on any atom is -0.480 e. The number of hydrogen-bond donors (Lipinski definition) is 3. The Morgan fingerprint density at radius 1 is 0.788 bits per heavy atom. The molecule has 10 heteroatoms. The van der Waals surface area contributed by atoms with Gasteiger partial charge in [0.15, 0.2) is 0 Å². The summed E-state index contributed by atoms with van der Waals surface area (Å²) in [5.41, 5.74) is 11.8. The summed E-state index contributed by atoms with van der Waals surface area (Å²) < 4.78 is 0. The molecule has 0 aliphatic carbocycles. The molecule has 0 fully saturated rings. The fourth-order valence-corrected chi connectivity index (χ4v) is 7.10. The van der Waals surface area contributed by atoms with Crippen LogP contribution in [0.25, 0.3) is 32.7 Å². The fourth-order valence-electron chi connectivity index (χ4n) is 6.92. The molecule has 6 aromatic carbocycles. The summed E-state index contributed by atoms with van der Waals surface area (Å²) in [7, 11) is 0. The van der Waals surface area contributed by atoms with Crippen molar-refractivity contribution in [1.82, 2.24) is 4.90 Å². The normalized spacial score (nSPS) is 13.4. The topological polar surface area (TPSA) is 125 Å². The number of benzene rings is 6. The average molecular weight is 754 g/mol. The molecule has 6 aromatic rings. The Labute approximate surface area is 316 Å². The number of primary amides is 1. The molecule has 8 nitrogen and oxygen atoms in total. The van der Waals surface area contributed by atoms with Crippen molar-refractivity contribution in [3.63, 3.8) is 0 Å². The molecule has 262 valence electrons. The molecular formula is C42H35ClN4NiO4+2. The number of rotatable bonds is 10. The summed E-state index contributed by atoms with van der Waals surface area (Å²) in [6, 6.07) is 38.3. The van der Waals surface area contributed by atoms with E-state index >= 15 is 0 Å². The number of amides is 2. The van der Waals surface area contributed by atoms with Crippen molar-refractivity contribution < 1.29 is 36.0 Å². The summed E-state index contributed by atoms with van der Waals surface area (Å²) in [6.07, 6.45) is -0.221. The number of carboxylic acids is 1. The predicted octanol–water partition coefficient (Wildman–Crippen LogP) is 7.82. The number of halogens is 1. The van der Waals surface area contributed by atoms with E-state index in [1.165, 1.54) is 21.9 Å². The number of carbonyl (C=O) groups is 3. The van der Waals surface area contributed by atoms with Crippen molar-refractivity contribution in [3.8, 4) is 11.1 Å². The van der Waals surface area contributed by atoms with Crippen molar-refractivity contribution in [2.75, 3.05) is 11.9 Å². The van der Waals surface area contributed by atoms with Crippen molar-refractivity contribution in [2.45, 2.75) is 32.0 Å². The summed E-state index contributed by atoms with van der Waals surface area (Å²) in [5, 5.41) is 18.1. The maximum atomic E-state index is 14.0. The Morgan fingerprint density at radius 2 is 1.37 bits per heavy atom. The molecular weight excluding hydrogens is 719 g/mol. The maximum absolute atomic E-state index is 14.0. The van der Waals surface area contributed by atoms with Gasteiger partial charge in [0.05, 0.1) is 17.9 Å². The third-order valence-corrected chi connectivity index (χ3v) is 9.46. The van der Waals surface area contributed by atoms with E-state index in [0.717, 1.165) is 21.9 Å². The van der Waals surface area contributed by atoms with E-state index in [4.69, 9.17) is 17.3 Å². The second-order valence-corrected chi connectivity index (χ2v) is 13.2. The van der Waals surface area contributed by atoms with Gasteiger partial charge in [0.1, 0.15) is 6.04 Å². The second-order valence-electron chi connectivity index (χ2n) is 12.7. The number of carboxylic acid groups (broad SMARTS) is 1. The number of nitrogens with two attached hydrogens (primary N) is 1. The number of aliphatic carboxylic acids is 1. The van der Waals surface area contributed by atoms with Crippen LogP contribution in [-0.4, -0.2) is 46.1 Å². The Bertz CT molecular complexity index is 2260. The Balaban J connectivity index is 0.00000464. The van der Waals surface area contributed by atoms with Gasteiger partial charge in [-0.2, -0.15) is 0 Å². The van der Waals surface area contributed by atoms with E-state index in [2.05, 4.69) is 75.9 Å². The van der Waals surface area contributed by atoms with Crippen LogP contribution in [0.1, 0.15) is 35.1 Å². The Hall–Kier alpha value is -5.34. The average Bonchev–Trinajstić information content (AvgIpc) is 3.29. The number of anilines is 1. The molecule has 1 atom stereocenters. The monoisotopic (exact) mass is 752 g/mol. The van der Waals surface area contributed by atoms with Crippen LogP contribution in [0.4, 0.5) is 5.69 Å². The summed E-state index contributed by atoms with van der Waals surface area (Å²) in [5.74, 6) is -2.06. The van der Waals surface area contributed by atoms with Gasteiger partial charge < -0.3 is 16.2 Å². The number of nitrogens with zero attached hydrogens (tertiary/aromatic N) is 2. The molecule has 0 unspecified atom stereocenters. The fraction of sp³-hybridized carbons (Fsp3) is 0.143. The van der Waals surface area contributed by atoms with Crippen LogP contribution < -0.4 is 11.1 Å². The first-order valence-electron chi connectivity index (χ1n) is 16.7. The number of nitrogens with one attached hydrogen (secondary N) is 1. The molecule has 1 aliphatic heterocycles. The first-order valence-corrected chi connectivity index (χ1v) is 17.1. The maximum Gasteiger partial charge on any atom is 2.00 e. The van der Waals surface area contributed by atoms with Gasteiger partial charge in [0, 0.05) is 35.7 Å². The largest absolute Gasteiger partial charge is 2.00 e. The van der Waals surface area contributed by atoms with Crippen LogP contribution in [0.2, 0.25) is 5.02 Å². The summed E-state index contributed by atoms with van der Waals surface area (Å²) in [6.45, 7) is 1.21. The third kappa shape index (κ3) is 7.77. The van der Waals surface area contributed by atoms with Crippen LogP contribution in [0.15, 0.2) is 126 Å². The smallest absolute Gasteiger partial charge is 0.480 e. The first-order chi connectivity index (χ1) is 24.7. The van der Waals surface area contributed by atoms with Crippen molar-refractivity contribution in [2.24, 2.45) is 10.7 Å². The minimum absolute atomic E-state index is 0. The van der Waals surface area contributed by atoms with E-state index in [0.29, 0.717) is 40.6 Å². The number of aliphatic imine (C=N–C) groups is 1. The van der Waals surface area contributed by atoms with Gasteiger partial charge in [-0.15, -0.1) is 0 Å². The van der Waals surface area contributed by atoms with Crippen LogP contribution in [0, 0.1) is 0 Å². The van der Waals surface area contributed by atoms with Crippen molar-refractivity contribution >= 4 is 62.3 Å². The van der Waals surface area contributed by atoms with Crippen LogP contribution >= 0.6 is 11.6 Å². The number of carbonyl (C=O) groups excluding carboxylic acids is 2. The quantitative estimate of drug-likeness (QED) is 0.0973. The molecule has 1 heterocycles. The Morgan fingerprint density at radius 3 is 1.94 bits per heavy atom. The molecule has 0 saturated heterocycles. The molecule has 0 spiro atoms. The molecule has 52 heavy (non-hydrogen) atoms. The summed E-state index contributed by atoms with van der Waals surface area (Å²) in [4.78, 5) is 44.5. The zero-order valence-electron chi connectivity index (χ0n) is 28.0. The SMILES string of the molecule is NC(=O)CC[C@@H](N=C(c1ccccc1)c1cc(Cl)ccc1NC(=O)CN1Cc2ccc3ccccc3c2-c2c(ccc3ccccc23)C1)C(=O)O.[Ni+2]. The molecule has 0 saturated carbocycles. The van der Waals surface area contributed by atoms with Gasteiger partial charge in [0.25, 0.3) is 0 Å². The first kappa shape index (κ1) is 36.5. The van der Waals surface area contributed by atoms with Gasteiger partial charge in [-0.3, -0.25) is 19.5 Å². The number of fused-ring (bicyclic) bond motifs is 7. The molecule has 2 amide bonds. The predicted molar refractivity (Wildman–Crippen MR) is 203 cm³/mol. The second kappa shape index (κ2) is 15.9. The zero-order valence-corrected chi connectivity index (χ0v) is 29.7. The molecule has 0 radical (unpaired) electrons. The molecule has 7 rings (SSSR count). The molecule has 0 aromatic heterocycles. The van der Waals surface area contributed by atoms with Gasteiger partial charge >= 0.3 is 22.5 Å². The van der Waals surface area contributed by atoms with Crippen molar-refractivity contribution in [1.29, 1.82) is 0 Å². The zero-order chi connectivity index (χ0) is 35.5. The molecule has 0 bridgehead atoms. The van der Waals surface area contributed by atoms with Crippen LogP contribution in [0.3, 0.4) is 0 Å². The van der Waals surface area contributed by atoms with Crippen LogP contribution in [0.5, 0.6) is 0 Å². The van der Waals surface area contributed by atoms with Gasteiger partial charge in [-0.05, 0) is 68.4 Å². The van der Waals surface area contributed by atoms with E-state index < -0.39 is 17.9 Å². The van der Waals surface area contributed by atoms with Crippen LogP contribution in [-0.2, 0) is 44.0 Å². The third-order valence-electron chi connectivity index (χ3n) is 9.23. The van der Waals surface area contributed by atoms with E-state index in [9.17, 15) is 19.5 Å². The van der Waals surface area contributed by atoms with Gasteiger partial charge in [0.2, 0.25) is 11.8 Å². The summed E-state index contributed by atoms with van der Waals surface area (Å²) >= 11 is 6.49. The van der Waals surface area contributed by atoms with Crippen molar-refractivity contribution in [3.05, 3.63) is 149 Å². The standard InChI is InChI=1S/C42H35ClN4O4.Ni/c43-31-18-19-35(34(22-31)41(28-10-2-1-3-11-28)46-36(42(50)51)20-21-37(44)48)45-38(49)25-47-23-29-16-14-26-8-4-6-12-32(26)39(29)40-30(24-47)17-15-27-9-5-7-13-33(27)40;/h1-19,22,36H,20-21,23-25H2,(H2,44,48)(H,45,49)(H,50,51);/q;+2/t36-;/m1./s1. The number of hydrogen-bond acceptors (Lipinski definition) is 5. The molecule has 4 N–H and O–H groups in total. The minimum atomic E-state index is -1.25. The van der Waals surface area contributed by atoms with E-state index in [1.54, 1.807) is 30.3 Å². The molecule has 1 aliphatic rings. The Kier molecular flexibility index (Phi) is 11.2. The van der Waals surface area contributed by atoms with Gasteiger partial charge in [-0.25, -0.2) is 4.79 Å². The van der Waals surface area contributed by atoms with Gasteiger partial charge in [-0.1, -0.05) is 115 Å². The van der Waals surface area contributed by atoms with E-state index in [-0.39, 0.29) is 41.8 Å². The van der Waals surface area contributed by atoms with E-state index in [1.807, 2.05) is 30.3 Å².